The van der Waals surface area contributed by atoms with Crippen LogP contribution in [0.1, 0.15) is 20.3 Å². The van der Waals surface area contributed by atoms with Gasteiger partial charge < -0.3 is 10.6 Å². The smallest absolute Gasteiger partial charge is 0.251 e. The summed E-state index contributed by atoms with van der Waals surface area (Å²) in [5.74, 6) is 0.417. The van der Waals surface area contributed by atoms with Crippen LogP contribution in [-0.4, -0.2) is 37.5 Å². The summed E-state index contributed by atoms with van der Waals surface area (Å²) in [6, 6.07) is 0.111. The summed E-state index contributed by atoms with van der Waals surface area (Å²) in [5, 5.41) is 0. The second-order valence-electron chi connectivity index (χ2n) is 3.85. The second-order valence-corrected chi connectivity index (χ2v) is 3.85. The Hall–Kier alpha value is -0.220. The zero-order valence-electron chi connectivity index (χ0n) is 8.63. The predicted octanol–water partition coefficient (Wildman–Crippen LogP) is 1.56. The quantitative estimate of drug-likeness (QED) is 0.695. The minimum absolute atomic E-state index is 0.111. The van der Waals surface area contributed by atoms with Crippen LogP contribution in [0.3, 0.4) is 0 Å². The molecule has 2 N–H and O–H groups in total. The van der Waals surface area contributed by atoms with Gasteiger partial charge in [0, 0.05) is 6.04 Å². The van der Waals surface area contributed by atoms with Gasteiger partial charge in [-0.3, -0.25) is 0 Å². The van der Waals surface area contributed by atoms with Crippen LogP contribution in [-0.2, 0) is 0 Å². The molecule has 0 aromatic heterocycles. The maximum atomic E-state index is 11.9. The fourth-order valence-corrected chi connectivity index (χ4v) is 1.03. The van der Waals surface area contributed by atoms with Crippen molar-refractivity contribution in [2.45, 2.75) is 32.7 Å². The van der Waals surface area contributed by atoms with Crippen molar-refractivity contribution in [1.82, 2.24) is 4.90 Å². The molecule has 0 saturated carbocycles. The van der Waals surface area contributed by atoms with E-state index in [1.54, 1.807) is 11.9 Å². The lowest BCUT2D eigenvalue weighted by atomic mass is 10.0. The van der Waals surface area contributed by atoms with Crippen LogP contribution in [0.2, 0.25) is 0 Å². The average molecular weight is 194 g/mol. The first-order valence-corrected chi connectivity index (χ1v) is 4.65. The van der Waals surface area contributed by atoms with Gasteiger partial charge >= 0.3 is 0 Å². The Kier molecular flexibility index (Phi) is 6.16. The highest BCUT2D eigenvalue weighted by atomic mass is 19.3. The van der Waals surface area contributed by atoms with Crippen LogP contribution >= 0.6 is 0 Å². The lowest BCUT2D eigenvalue weighted by molar-refractivity contribution is 0.0984. The number of hydrogen-bond acceptors (Lipinski definition) is 2. The standard InChI is InChI=1S/C9H20F2N2/c1-7(2)8(12)4-5-13(3)6-9(10)11/h7-9H,4-6,12H2,1-3H3. The van der Waals surface area contributed by atoms with Gasteiger partial charge in [-0.25, -0.2) is 8.78 Å². The van der Waals surface area contributed by atoms with E-state index < -0.39 is 6.43 Å². The highest BCUT2D eigenvalue weighted by molar-refractivity contribution is 4.67. The van der Waals surface area contributed by atoms with E-state index in [4.69, 9.17) is 5.73 Å². The Labute approximate surface area is 79.1 Å². The van der Waals surface area contributed by atoms with Crippen LogP contribution in [0.15, 0.2) is 0 Å². The van der Waals surface area contributed by atoms with E-state index in [1.807, 2.05) is 13.8 Å². The van der Waals surface area contributed by atoms with Crippen molar-refractivity contribution in [3.8, 4) is 0 Å². The minimum atomic E-state index is -2.25. The first-order chi connectivity index (χ1) is 5.93. The van der Waals surface area contributed by atoms with Crippen molar-refractivity contribution < 1.29 is 8.78 Å². The van der Waals surface area contributed by atoms with Gasteiger partial charge in [0.1, 0.15) is 0 Å². The molecular weight excluding hydrogens is 174 g/mol. The molecule has 0 aromatic rings. The summed E-state index contributed by atoms with van der Waals surface area (Å²) >= 11 is 0. The lowest BCUT2D eigenvalue weighted by Gasteiger charge is -2.20. The van der Waals surface area contributed by atoms with E-state index in [2.05, 4.69) is 0 Å². The van der Waals surface area contributed by atoms with Gasteiger partial charge in [0.15, 0.2) is 0 Å². The molecular formula is C9H20F2N2. The lowest BCUT2D eigenvalue weighted by Crippen LogP contribution is -2.33. The minimum Gasteiger partial charge on any atom is -0.327 e. The third kappa shape index (κ3) is 6.90. The molecule has 1 unspecified atom stereocenters. The largest absolute Gasteiger partial charge is 0.327 e. The van der Waals surface area contributed by atoms with Crippen LogP contribution < -0.4 is 5.73 Å². The molecule has 0 amide bonds. The fraction of sp³-hybridized carbons (Fsp3) is 1.00. The first-order valence-electron chi connectivity index (χ1n) is 4.65. The monoisotopic (exact) mass is 194 g/mol. The number of nitrogens with zero attached hydrogens (tertiary/aromatic N) is 1. The molecule has 80 valence electrons. The first kappa shape index (κ1) is 12.8. The van der Waals surface area contributed by atoms with Gasteiger partial charge in [0.25, 0.3) is 6.43 Å². The van der Waals surface area contributed by atoms with E-state index in [0.717, 1.165) is 6.42 Å². The summed E-state index contributed by atoms with van der Waals surface area (Å²) in [4.78, 5) is 1.62. The molecule has 0 aliphatic rings. The summed E-state index contributed by atoms with van der Waals surface area (Å²) in [5.41, 5.74) is 5.78. The van der Waals surface area contributed by atoms with Crippen LogP contribution in [0.4, 0.5) is 8.78 Å². The van der Waals surface area contributed by atoms with Crippen LogP contribution in [0.5, 0.6) is 0 Å². The summed E-state index contributed by atoms with van der Waals surface area (Å²) in [6.45, 7) is 4.56. The predicted molar refractivity (Wildman–Crippen MR) is 50.9 cm³/mol. The molecule has 4 heteroatoms. The fourth-order valence-electron chi connectivity index (χ4n) is 1.03. The molecule has 13 heavy (non-hydrogen) atoms. The molecule has 0 saturated heterocycles. The molecule has 2 nitrogen and oxygen atoms in total. The Morgan fingerprint density at radius 2 is 1.85 bits per heavy atom. The third-order valence-corrected chi connectivity index (χ3v) is 2.15. The zero-order valence-corrected chi connectivity index (χ0v) is 8.63. The number of hydrogen-bond donors (Lipinski definition) is 1. The van der Waals surface area contributed by atoms with Crippen molar-refractivity contribution in [2.24, 2.45) is 11.7 Å². The molecule has 0 aromatic carbocycles. The highest BCUT2D eigenvalue weighted by Crippen LogP contribution is 2.04. The molecule has 0 heterocycles. The normalized spacial score (nSPS) is 14.5. The number of alkyl halides is 2. The molecule has 0 fully saturated rings. The Morgan fingerprint density at radius 3 is 2.23 bits per heavy atom. The maximum Gasteiger partial charge on any atom is 0.251 e. The second kappa shape index (κ2) is 6.27. The van der Waals surface area contributed by atoms with Gasteiger partial charge in [-0.2, -0.15) is 0 Å². The maximum absolute atomic E-state index is 11.9. The van der Waals surface area contributed by atoms with E-state index in [9.17, 15) is 8.78 Å². The molecule has 0 rings (SSSR count). The molecule has 0 bridgehead atoms. The Morgan fingerprint density at radius 1 is 1.31 bits per heavy atom. The van der Waals surface area contributed by atoms with Gasteiger partial charge in [-0.15, -0.1) is 0 Å². The van der Waals surface area contributed by atoms with Gasteiger partial charge in [0.05, 0.1) is 6.54 Å². The Balaban J connectivity index is 3.51. The van der Waals surface area contributed by atoms with E-state index in [-0.39, 0.29) is 12.6 Å². The van der Waals surface area contributed by atoms with Crippen molar-refractivity contribution in [3.05, 3.63) is 0 Å². The molecule has 0 aliphatic carbocycles. The van der Waals surface area contributed by atoms with Crippen LogP contribution in [0, 0.1) is 5.92 Å². The molecule has 0 aliphatic heterocycles. The summed E-state index contributed by atoms with van der Waals surface area (Å²) in [7, 11) is 1.69. The SMILES string of the molecule is CC(C)C(N)CCN(C)CC(F)F. The zero-order chi connectivity index (χ0) is 10.4. The van der Waals surface area contributed by atoms with Crippen molar-refractivity contribution in [3.63, 3.8) is 0 Å². The molecule has 0 radical (unpaired) electrons. The van der Waals surface area contributed by atoms with Gasteiger partial charge in [-0.05, 0) is 25.9 Å². The van der Waals surface area contributed by atoms with Crippen molar-refractivity contribution in [1.29, 1.82) is 0 Å². The number of halogens is 2. The van der Waals surface area contributed by atoms with E-state index in [0.29, 0.717) is 12.5 Å². The number of rotatable bonds is 6. The number of nitrogens with two attached hydrogens (primary N) is 1. The van der Waals surface area contributed by atoms with Gasteiger partial charge in [0.2, 0.25) is 0 Å². The molecule has 1 atom stereocenters. The topological polar surface area (TPSA) is 29.3 Å². The molecule has 0 spiro atoms. The summed E-state index contributed by atoms with van der Waals surface area (Å²) < 4.78 is 23.8. The van der Waals surface area contributed by atoms with E-state index >= 15 is 0 Å². The third-order valence-electron chi connectivity index (χ3n) is 2.15. The van der Waals surface area contributed by atoms with Crippen molar-refractivity contribution in [2.75, 3.05) is 20.1 Å². The van der Waals surface area contributed by atoms with Crippen molar-refractivity contribution >= 4 is 0 Å². The van der Waals surface area contributed by atoms with E-state index in [1.165, 1.54) is 0 Å². The highest BCUT2D eigenvalue weighted by Gasteiger charge is 2.11. The summed E-state index contributed by atoms with van der Waals surface area (Å²) in [6.07, 6.45) is -1.47. The average Bonchev–Trinajstić information content (AvgIpc) is 1.98. The van der Waals surface area contributed by atoms with Gasteiger partial charge in [-0.1, -0.05) is 13.8 Å². The Bertz CT molecular complexity index is 129. The van der Waals surface area contributed by atoms with Crippen LogP contribution in [0.25, 0.3) is 0 Å².